The number of aryl methyl sites for hydroxylation is 2. The molecule has 1 saturated heterocycles. The van der Waals surface area contributed by atoms with Crippen molar-refractivity contribution >= 4 is 21.5 Å². The summed E-state index contributed by atoms with van der Waals surface area (Å²) < 4.78 is 28.8. The van der Waals surface area contributed by atoms with Crippen LogP contribution in [-0.2, 0) is 23.1 Å². The monoisotopic (exact) mass is 331 g/mol. The average molecular weight is 332 g/mol. The fourth-order valence-corrected chi connectivity index (χ4v) is 5.05. The van der Waals surface area contributed by atoms with Gasteiger partial charge in [0.1, 0.15) is 0 Å². The second-order valence-corrected chi connectivity index (χ2v) is 8.76. The largest absolute Gasteiger partial charge is 0.279 e. The van der Waals surface area contributed by atoms with E-state index in [-0.39, 0.29) is 0 Å². The molecule has 0 spiro atoms. The van der Waals surface area contributed by atoms with Gasteiger partial charge in [0.2, 0.25) is 0 Å². The molecule has 0 aliphatic carbocycles. The Morgan fingerprint density at radius 1 is 1.48 bits per heavy atom. The Morgan fingerprint density at radius 3 is 2.86 bits per heavy atom. The standard InChI is InChI=1S/C14H25N3O2S2/c1-4-13-12(3)20-14(16-13)7-8-15-21(18,19)17-9-5-6-11(2)10-17/h11,15H,4-10H2,1-3H3/t11-/m0/s1. The van der Waals surface area contributed by atoms with Crippen molar-refractivity contribution in [3.8, 4) is 0 Å². The smallest absolute Gasteiger partial charge is 0.246 e. The molecule has 0 radical (unpaired) electrons. The van der Waals surface area contributed by atoms with Crippen LogP contribution in [0.25, 0.3) is 0 Å². The van der Waals surface area contributed by atoms with Gasteiger partial charge in [-0.25, -0.2) is 9.71 Å². The molecule has 0 aromatic carbocycles. The van der Waals surface area contributed by atoms with Crippen LogP contribution in [0.1, 0.15) is 42.3 Å². The first-order chi connectivity index (χ1) is 9.92. The van der Waals surface area contributed by atoms with Crippen molar-refractivity contribution in [1.82, 2.24) is 14.0 Å². The van der Waals surface area contributed by atoms with Crippen LogP contribution in [0.4, 0.5) is 0 Å². The summed E-state index contributed by atoms with van der Waals surface area (Å²) in [6.07, 6.45) is 3.66. The minimum Gasteiger partial charge on any atom is -0.246 e. The molecule has 0 amide bonds. The number of nitrogens with one attached hydrogen (secondary N) is 1. The maximum absolute atomic E-state index is 12.2. The first-order valence-corrected chi connectivity index (χ1v) is 9.88. The van der Waals surface area contributed by atoms with Gasteiger partial charge >= 0.3 is 0 Å². The molecule has 1 aliphatic heterocycles. The molecule has 5 nitrogen and oxygen atoms in total. The van der Waals surface area contributed by atoms with E-state index in [1.165, 1.54) is 4.88 Å². The van der Waals surface area contributed by atoms with Crippen molar-refractivity contribution in [2.45, 2.75) is 46.5 Å². The number of nitrogens with zero attached hydrogens (tertiary/aromatic N) is 2. The van der Waals surface area contributed by atoms with E-state index in [1.54, 1.807) is 15.6 Å². The van der Waals surface area contributed by atoms with Crippen molar-refractivity contribution in [2.24, 2.45) is 5.92 Å². The SMILES string of the molecule is CCc1nc(CCNS(=O)(=O)N2CCC[C@H](C)C2)sc1C. The van der Waals surface area contributed by atoms with Gasteiger partial charge in [0.05, 0.1) is 10.7 Å². The highest BCUT2D eigenvalue weighted by molar-refractivity contribution is 7.87. The summed E-state index contributed by atoms with van der Waals surface area (Å²) >= 11 is 1.67. The van der Waals surface area contributed by atoms with E-state index in [9.17, 15) is 8.42 Å². The van der Waals surface area contributed by atoms with Gasteiger partial charge in [-0.3, -0.25) is 0 Å². The molecular weight excluding hydrogens is 306 g/mol. The number of thiazole rings is 1. The van der Waals surface area contributed by atoms with Crippen molar-refractivity contribution in [1.29, 1.82) is 0 Å². The van der Waals surface area contributed by atoms with Crippen LogP contribution >= 0.6 is 11.3 Å². The molecular formula is C14H25N3O2S2. The highest BCUT2D eigenvalue weighted by Gasteiger charge is 2.26. The molecule has 0 unspecified atom stereocenters. The summed E-state index contributed by atoms with van der Waals surface area (Å²) in [5.41, 5.74) is 1.13. The number of rotatable bonds is 6. The van der Waals surface area contributed by atoms with E-state index in [4.69, 9.17) is 0 Å². The molecule has 120 valence electrons. The molecule has 2 heterocycles. The van der Waals surface area contributed by atoms with Crippen LogP contribution in [0.3, 0.4) is 0 Å². The first-order valence-electron chi connectivity index (χ1n) is 7.62. The molecule has 1 aliphatic rings. The highest BCUT2D eigenvalue weighted by atomic mass is 32.2. The Hall–Kier alpha value is -0.500. The van der Waals surface area contributed by atoms with Crippen LogP contribution in [-0.4, -0.2) is 37.3 Å². The summed E-state index contributed by atoms with van der Waals surface area (Å²) in [4.78, 5) is 5.78. The summed E-state index contributed by atoms with van der Waals surface area (Å²) in [6.45, 7) is 7.95. The molecule has 7 heteroatoms. The highest BCUT2D eigenvalue weighted by Crippen LogP contribution is 2.19. The molecule has 2 rings (SSSR count). The normalized spacial score (nSPS) is 20.8. The third-order valence-corrected chi connectivity index (χ3v) is 6.51. The van der Waals surface area contributed by atoms with E-state index in [0.29, 0.717) is 32.0 Å². The fraction of sp³-hybridized carbons (Fsp3) is 0.786. The molecule has 21 heavy (non-hydrogen) atoms. The lowest BCUT2D eigenvalue weighted by Crippen LogP contribution is -2.46. The van der Waals surface area contributed by atoms with Crippen LogP contribution in [0.15, 0.2) is 0 Å². The minimum absolute atomic E-state index is 0.420. The number of hydrogen-bond acceptors (Lipinski definition) is 4. The molecule has 0 saturated carbocycles. The van der Waals surface area contributed by atoms with Gasteiger partial charge in [-0.1, -0.05) is 13.8 Å². The first kappa shape index (κ1) is 16.9. The number of piperidine rings is 1. The molecule has 1 atom stereocenters. The Kier molecular flexibility index (Phi) is 5.76. The molecule has 0 bridgehead atoms. The van der Waals surface area contributed by atoms with Crippen molar-refractivity contribution in [3.63, 3.8) is 0 Å². The van der Waals surface area contributed by atoms with Gasteiger partial charge in [0.25, 0.3) is 10.2 Å². The Labute approximate surface area is 132 Å². The lowest BCUT2D eigenvalue weighted by Gasteiger charge is -2.29. The van der Waals surface area contributed by atoms with E-state index in [1.807, 2.05) is 0 Å². The van der Waals surface area contributed by atoms with Gasteiger partial charge in [0, 0.05) is 30.9 Å². The molecule has 1 fully saturated rings. The van der Waals surface area contributed by atoms with Crippen molar-refractivity contribution in [3.05, 3.63) is 15.6 Å². The third kappa shape index (κ3) is 4.48. The Balaban J connectivity index is 1.86. The molecule has 1 N–H and O–H groups in total. The predicted octanol–water partition coefficient (Wildman–Crippen LogP) is 2.12. The van der Waals surface area contributed by atoms with Crippen LogP contribution in [0.5, 0.6) is 0 Å². The van der Waals surface area contributed by atoms with E-state index < -0.39 is 10.2 Å². The summed E-state index contributed by atoms with van der Waals surface area (Å²) in [5, 5.41) is 1.01. The quantitative estimate of drug-likeness (QED) is 0.868. The zero-order chi connectivity index (χ0) is 15.5. The van der Waals surface area contributed by atoms with Crippen LogP contribution < -0.4 is 4.72 Å². The third-order valence-electron chi connectivity index (χ3n) is 3.85. The van der Waals surface area contributed by atoms with Crippen molar-refractivity contribution in [2.75, 3.05) is 19.6 Å². The lowest BCUT2D eigenvalue weighted by molar-refractivity contribution is 0.278. The second-order valence-electron chi connectivity index (χ2n) is 5.72. The maximum atomic E-state index is 12.2. The van der Waals surface area contributed by atoms with Gasteiger partial charge in [-0.15, -0.1) is 11.3 Å². The molecule has 1 aromatic heterocycles. The van der Waals surface area contributed by atoms with E-state index in [0.717, 1.165) is 30.0 Å². The second kappa shape index (κ2) is 7.17. The van der Waals surface area contributed by atoms with Crippen LogP contribution in [0.2, 0.25) is 0 Å². The van der Waals surface area contributed by atoms with Crippen LogP contribution in [0, 0.1) is 12.8 Å². The van der Waals surface area contributed by atoms with E-state index >= 15 is 0 Å². The van der Waals surface area contributed by atoms with Crippen molar-refractivity contribution < 1.29 is 8.42 Å². The topological polar surface area (TPSA) is 62.3 Å². The maximum Gasteiger partial charge on any atom is 0.279 e. The Morgan fingerprint density at radius 2 is 2.24 bits per heavy atom. The zero-order valence-electron chi connectivity index (χ0n) is 13.1. The van der Waals surface area contributed by atoms with E-state index in [2.05, 4.69) is 30.5 Å². The number of hydrogen-bond donors (Lipinski definition) is 1. The van der Waals surface area contributed by atoms with Gasteiger partial charge in [-0.05, 0) is 32.1 Å². The van der Waals surface area contributed by atoms with Gasteiger partial charge < -0.3 is 0 Å². The average Bonchev–Trinajstić information content (AvgIpc) is 2.79. The fourth-order valence-electron chi connectivity index (χ4n) is 2.67. The predicted molar refractivity (Wildman–Crippen MR) is 86.8 cm³/mol. The minimum atomic E-state index is -3.34. The van der Waals surface area contributed by atoms with Gasteiger partial charge in [0.15, 0.2) is 0 Å². The summed E-state index contributed by atoms with van der Waals surface area (Å²) in [6, 6.07) is 0. The van der Waals surface area contributed by atoms with Gasteiger partial charge in [-0.2, -0.15) is 12.7 Å². The Bertz CT molecular complexity index is 569. The summed E-state index contributed by atoms with van der Waals surface area (Å²) in [7, 11) is -3.34. The lowest BCUT2D eigenvalue weighted by atomic mass is 10.0. The zero-order valence-corrected chi connectivity index (χ0v) is 14.7. The molecule has 1 aromatic rings. The number of aromatic nitrogens is 1. The summed E-state index contributed by atoms with van der Waals surface area (Å²) in [5.74, 6) is 0.448.